The Kier molecular flexibility index (Phi) is 7.34. The van der Waals surface area contributed by atoms with Crippen LogP contribution in [0.15, 0.2) is 36.5 Å². The molecule has 0 amide bonds. The monoisotopic (exact) mass is 548 g/mol. The van der Waals surface area contributed by atoms with E-state index in [4.69, 9.17) is 5.11 Å². The molecule has 38 heavy (non-hydrogen) atoms. The number of alkyl halides is 2. The van der Waals surface area contributed by atoms with Crippen molar-refractivity contribution >= 4 is 33.0 Å². The topological polar surface area (TPSA) is 103 Å². The van der Waals surface area contributed by atoms with E-state index in [0.717, 1.165) is 37.2 Å². The third-order valence-corrected chi connectivity index (χ3v) is 9.34. The van der Waals surface area contributed by atoms with Crippen LogP contribution in [-0.2, 0) is 16.4 Å². The van der Waals surface area contributed by atoms with E-state index in [2.05, 4.69) is 14.6 Å². The van der Waals surface area contributed by atoms with Crippen LogP contribution in [-0.4, -0.2) is 68.8 Å². The van der Waals surface area contributed by atoms with E-state index < -0.39 is 28.3 Å². The minimum Gasteiger partial charge on any atom is -0.395 e. The molecule has 1 spiro atoms. The molecule has 2 N–H and O–H groups in total. The van der Waals surface area contributed by atoms with Crippen LogP contribution in [0.25, 0.3) is 0 Å². The number of ketones is 1. The number of aliphatic hydroxyl groups is 1. The number of aromatic nitrogens is 1. The van der Waals surface area contributed by atoms with E-state index in [0.29, 0.717) is 22.5 Å². The summed E-state index contributed by atoms with van der Waals surface area (Å²) in [5, 5.41) is 9.06. The van der Waals surface area contributed by atoms with E-state index >= 15 is 0 Å². The molecule has 0 atom stereocenters. The molecule has 0 unspecified atom stereocenters. The smallest absolute Gasteiger partial charge is 0.251 e. The molecule has 206 valence electrons. The maximum Gasteiger partial charge on any atom is 0.251 e. The number of hydrogen-bond acceptors (Lipinski definition) is 7. The van der Waals surface area contributed by atoms with Crippen molar-refractivity contribution < 1.29 is 27.1 Å². The number of piperidine rings is 2. The van der Waals surface area contributed by atoms with Gasteiger partial charge in [-0.15, -0.1) is 0 Å². The molecule has 2 saturated heterocycles. The molecule has 1 aliphatic carbocycles. The van der Waals surface area contributed by atoms with Gasteiger partial charge in [0.25, 0.3) is 5.92 Å². The highest BCUT2D eigenvalue weighted by Crippen LogP contribution is 2.54. The number of benzene rings is 1. The fraction of sp³-hybridized carbons (Fsp3) is 0.556. The molecule has 3 fully saturated rings. The predicted octanol–water partition coefficient (Wildman–Crippen LogP) is 3.86. The standard InChI is InChI=1S/C27H34F2N4O4S/c28-27(29)8-13-33(14-9-27)25-18-21(3-10-30-25)24(35)17-20-1-2-22(31-38(36,37)16-15-34)19-23(20)32-11-6-26(4-5-26)7-12-32/h1-3,10,18-19,31,34H,4-9,11-17H2. The molecule has 1 aromatic carbocycles. The maximum atomic E-state index is 13.6. The van der Waals surface area contributed by atoms with Gasteiger partial charge < -0.3 is 14.9 Å². The van der Waals surface area contributed by atoms with Gasteiger partial charge in [-0.1, -0.05) is 6.07 Å². The quantitative estimate of drug-likeness (QED) is 0.459. The second kappa shape index (κ2) is 10.4. The number of pyridine rings is 1. The van der Waals surface area contributed by atoms with E-state index in [1.807, 2.05) is 0 Å². The van der Waals surface area contributed by atoms with Crippen LogP contribution < -0.4 is 14.5 Å². The Labute approximate surface area is 222 Å². The summed E-state index contributed by atoms with van der Waals surface area (Å²) in [5.74, 6) is -2.66. The fourth-order valence-corrected chi connectivity index (χ4v) is 6.25. The molecular formula is C27H34F2N4O4S. The summed E-state index contributed by atoms with van der Waals surface area (Å²) in [6.07, 6.45) is 5.84. The largest absolute Gasteiger partial charge is 0.395 e. The number of sulfonamides is 1. The van der Waals surface area contributed by atoms with Crippen molar-refractivity contribution in [2.24, 2.45) is 5.41 Å². The van der Waals surface area contributed by atoms with Gasteiger partial charge >= 0.3 is 0 Å². The summed E-state index contributed by atoms with van der Waals surface area (Å²) < 4.78 is 54.2. The average Bonchev–Trinajstić information content (AvgIpc) is 3.64. The first-order valence-corrected chi connectivity index (χ1v) is 14.8. The Morgan fingerprint density at radius 1 is 0.974 bits per heavy atom. The number of halogens is 2. The van der Waals surface area contributed by atoms with Crippen molar-refractivity contribution in [1.29, 1.82) is 0 Å². The summed E-state index contributed by atoms with van der Waals surface area (Å²) >= 11 is 0. The lowest BCUT2D eigenvalue weighted by atomic mass is 9.92. The normalized spacial score (nSPS) is 20.4. The van der Waals surface area contributed by atoms with Crippen molar-refractivity contribution in [3.63, 3.8) is 0 Å². The Balaban J connectivity index is 1.36. The third kappa shape index (κ3) is 6.26. The first-order valence-electron chi connectivity index (χ1n) is 13.2. The van der Waals surface area contributed by atoms with Crippen LogP contribution in [0, 0.1) is 5.41 Å². The maximum absolute atomic E-state index is 13.6. The number of aliphatic hydroxyl groups excluding tert-OH is 1. The van der Waals surface area contributed by atoms with Crippen molar-refractivity contribution in [1.82, 2.24) is 4.98 Å². The van der Waals surface area contributed by atoms with Gasteiger partial charge in [0.15, 0.2) is 5.78 Å². The molecule has 11 heteroatoms. The number of carbonyl (C=O) groups is 1. The third-order valence-electron chi connectivity index (χ3n) is 8.08. The van der Waals surface area contributed by atoms with Gasteiger partial charge in [0, 0.05) is 62.9 Å². The minimum absolute atomic E-state index is 0.113. The zero-order chi connectivity index (χ0) is 27.0. The Morgan fingerprint density at radius 3 is 2.32 bits per heavy atom. The minimum atomic E-state index is -3.69. The van der Waals surface area contributed by atoms with Gasteiger partial charge in [-0.3, -0.25) is 9.52 Å². The molecule has 1 saturated carbocycles. The summed E-state index contributed by atoms with van der Waals surface area (Å²) in [6.45, 7) is 1.58. The molecule has 3 aliphatic rings. The number of hydrogen-bond donors (Lipinski definition) is 2. The molecule has 3 heterocycles. The second-order valence-corrected chi connectivity index (χ2v) is 12.7. The zero-order valence-electron chi connectivity index (χ0n) is 21.3. The molecule has 0 bridgehead atoms. The van der Waals surface area contributed by atoms with Crippen LogP contribution in [0.5, 0.6) is 0 Å². The lowest BCUT2D eigenvalue weighted by molar-refractivity contribution is -0.0221. The molecular weight excluding hydrogens is 514 g/mol. The van der Waals surface area contributed by atoms with Crippen molar-refractivity contribution in [2.75, 3.05) is 53.1 Å². The van der Waals surface area contributed by atoms with Crippen molar-refractivity contribution in [3.8, 4) is 0 Å². The number of anilines is 3. The van der Waals surface area contributed by atoms with E-state index in [1.54, 1.807) is 35.2 Å². The first-order chi connectivity index (χ1) is 18.1. The summed E-state index contributed by atoms with van der Waals surface area (Å²) in [7, 11) is -3.69. The van der Waals surface area contributed by atoms with E-state index in [1.165, 1.54) is 19.0 Å². The van der Waals surface area contributed by atoms with Gasteiger partial charge in [-0.25, -0.2) is 22.2 Å². The van der Waals surface area contributed by atoms with Crippen molar-refractivity contribution in [2.45, 2.75) is 50.9 Å². The summed E-state index contributed by atoms with van der Waals surface area (Å²) in [5.41, 5.74) is 2.93. The van der Waals surface area contributed by atoms with E-state index in [9.17, 15) is 22.0 Å². The van der Waals surface area contributed by atoms with Gasteiger partial charge in [0.05, 0.1) is 18.0 Å². The molecule has 2 aromatic rings. The molecule has 8 nitrogen and oxygen atoms in total. The Bertz CT molecular complexity index is 1280. The van der Waals surface area contributed by atoms with Crippen LogP contribution in [0.3, 0.4) is 0 Å². The number of nitrogens with one attached hydrogen (secondary N) is 1. The summed E-state index contributed by atoms with van der Waals surface area (Å²) in [6, 6.07) is 8.49. The fourth-order valence-electron chi connectivity index (χ4n) is 5.42. The van der Waals surface area contributed by atoms with Gasteiger partial charge in [0.2, 0.25) is 10.0 Å². The number of nitrogens with zero attached hydrogens (tertiary/aromatic N) is 3. The van der Waals surface area contributed by atoms with Gasteiger partial charge in [-0.2, -0.15) is 0 Å². The number of rotatable bonds is 9. The van der Waals surface area contributed by atoms with Gasteiger partial charge in [-0.05, 0) is 60.9 Å². The Hall–Kier alpha value is -2.79. The van der Waals surface area contributed by atoms with Gasteiger partial charge in [0.1, 0.15) is 5.82 Å². The second-order valence-electron chi connectivity index (χ2n) is 10.8. The van der Waals surface area contributed by atoms with E-state index in [-0.39, 0.29) is 38.1 Å². The van der Waals surface area contributed by atoms with Crippen molar-refractivity contribution in [3.05, 3.63) is 47.7 Å². The number of carbonyl (C=O) groups excluding carboxylic acids is 1. The predicted molar refractivity (Wildman–Crippen MR) is 143 cm³/mol. The van der Waals surface area contributed by atoms with Crippen LogP contribution >= 0.6 is 0 Å². The SMILES string of the molecule is O=C(Cc1ccc(NS(=O)(=O)CCO)cc1N1CCC2(CC1)CC2)c1ccnc(N2CCC(F)(F)CC2)c1. The lowest BCUT2D eigenvalue weighted by Crippen LogP contribution is -2.39. The Morgan fingerprint density at radius 2 is 1.66 bits per heavy atom. The molecule has 2 aliphatic heterocycles. The van der Waals surface area contributed by atoms with Crippen LogP contribution in [0.4, 0.5) is 26.0 Å². The zero-order valence-corrected chi connectivity index (χ0v) is 22.2. The van der Waals surface area contributed by atoms with Crippen LogP contribution in [0.2, 0.25) is 0 Å². The lowest BCUT2D eigenvalue weighted by Gasteiger charge is -2.35. The molecule has 0 radical (unpaired) electrons. The highest BCUT2D eigenvalue weighted by Gasteiger charge is 2.44. The first kappa shape index (κ1) is 26.8. The highest BCUT2D eigenvalue weighted by atomic mass is 32.2. The average molecular weight is 549 g/mol. The van der Waals surface area contributed by atoms with Crippen LogP contribution in [0.1, 0.15) is 54.4 Å². The number of Topliss-reactive ketones (excluding diaryl/α,β-unsaturated/α-hetero) is 1. The molecule has 1 aromatic heterocycles. The highest BCUT2D eigenvalue weighted by molar-refractivity contribution is 7.92. The molecule has 5 rings (SSSR count). The summed E-state index contributed by atoms with van der Waals surface area (Å²) in [4.78, 5) is 21.7.